The summed E-state index contributed by atoms with van der Waals surface area (Å²) in [7, 11) is 0. The van der Waals surface area contributed by atoms with E-state index in [4.69, 9.17) is 0 Å². The van der Waals surface area contributed by atoms with Crippen LogP contribution in [0.2, 0.25) is 0 Å². The van der Waals surface area contributed by atoms with E-state index in [1.807, 2.05) is 34.1 Å². The van der Waals surface area contributed by atoms with Crippen molar-refractivity contribution < 1.29 is 9.59 Å². The van der Waals surface area contributed by atoms with Gasteiger partial charge in [0.2, 0.25) is 5.91 Å². The number of amides is 2. The number of piperidine rings is 2. The van der Waals surface area contributed by atoms with Crippen molar-refractivity contribution in [1.29, 1.82) is 0 Å². The van der Waals surface area contributed by atoms with Crippen LogP contribution in [-0.4, -0.2) is 53.8 Å². The third-order valence-corrected chi connectivity index (χ3v) is 8.94. The predicted molar refractivity (Wildman–Crippen MR) is 147 cm³/mol. The van der Waals surface area contributed by atoms with Crippen LogP contribution in [0.5, 0.6) is 0 Å². The van der Waals surface area contributed by atoms with Crippen LogP contribution in [0.1, 0.15) is 54.8 Å². The van der Waals surface area contributed by atoms with Crippen molar-refractivity contribution in [2.45, 2.75) is 50.6 Å². The highest BCUT2D eigenvalue weighted by molar-refractivity contribution is 6.35. The molecule has 0 spiro atoms. The van der Waals surface area contributed by atoms with Crippen molar-refractivity contribution >= 4 is 33.8 Å². The van der Waals surface area contributed by atoms with Gasteiger partial charge in [0, 0.05) is 49.9 Å². The number of rotatable bonds is 3. The molecule has 3 heterocycles. The number of anilines is 1. The van der Waals surface area contributed by atoms with Crippen LogP contribution in [0.25, 0.3) is 16.3 Å². The monoisotopic (exact) mass is 491 g/mol. The summed E-state index contributed by atoms with van der Waals surface area (Å²) < 4.78 is 0. The Hall–Kier alpha value is -3.44. The minimum Gasteiger partial charge on any atom is -0.339 e. The van der Waals surface area contributed by atoms with Crippen LogP contribution in [0.15, 0.2) is 66.7 Å². The van der Waals surface area contributed by atoms with Gasteiger partial charge >= 0.3 is 0 Å². The van der Waals surface area contributed by atoms with E-state index < -0.39 is 0 Å². The lowest BCUT2D eigenvalue weighted by atomic mass is 9.98. The fourth-order valence-corrected chi connectivity index (χ4v) is 7.09. The van der Waals surface area contributed by atoms with Crippen LogP contribution in [0.3, 0.4) is 0 Å². The predicted octanol–water partition coefficient (Wildman–Crippen LogP) is 5.34. The summed E-state index contributed by atoms with van der Waals surface area (Å²) >= 11 is 0. The molecule has 0 aromatic heterocycles. The molecule has 1 atom stereocenters. The normalized spacial score (nSPS) is 23.3. The minimum absolute atomic E-state index is 0.0111. The summed E-state index contributed by atoms with van der Waals surface area (Å²) in [6.07, 6.45) is 7.83. The molecule has 37 heavy (non-hydrogen) atoms. The number of hydrogen-bond donors (Lipinski definition) is 0. The summed E-state index contributed by atoms with van der Waals surface area (Å²) in [4.78, 5) is 33.3. The molecule has 5 heteroatoms. The second-order valence-corrected chi connectivity index (χ2v) is 11.0. The molecule has 188 valence electrons. The van der Waals surface area contributed by atoms with Gasteiger partial charge in [-0.3, -0.25) is 14.5 Å². The lowest BCUT2D eigenvalue weighted by Gasteiger charge is -2.39. The first kappa shape index (κ1) is 22.7. The maximum Gasteiger partial charge on any atom is 0.259 e. The first-order valence-corrected chi connectivity index (χ1v) is 13.9. The third kappa shape index (κ3) is 3.79. The SMILES string of the molecule is O=C(/C=C1/C(=O)N(C2CCN(C3Cc4cccc5cccc3c45)CC2)c2ccccc21)N1CCCCC1. The standard InChI is InChI=1S/C32H33N3O2/c36-30(34-16-4-1-5-17-34)21-27-25-11-2-3-13-28(25)35(32(27)37)24-14-18-33(19-15-24)29-20-23-10-6-8-22-9-7-12-26(29)31(22)23/h2-3,6-13,21,24,29H,1,4-5,14-20H2/b27-21+. The molecular formula is C32H33N3O2. The fraction of sp³-hybridized carbons (Fsp3) is 0.375. The Kier molecular flexibility index (Phi) is 5.62. The minimum atomic E-state index is -0.0236. The average Bonchev–Trinajstić information content (AvgIpc) is 3.46. The van der Waals surface area contributed by atoms with Gasteiger partial charge < -0.3 is 9.80 Å². The molecule has 3 aliphatic heterocycles. The topological polar surface area (TPSA) is 43.9 Å². The summed E-state index contributed by atoms with van der Waals surface area (Å²) in [5.74, 6) is -0.0347. The molecule has 3 aromatic carbocycles. The highest BCUT2D eigenvalue weighted by atomic mass is 16.2. The van der Waals surface area contributed by atoms with Gasteiger partial charge in [-0.1, -0.05) is 54.6 Å². The zero-order valence-corrected chi connectivity index (χ0v) is 21.2. The maximum atomic E-state index is 13.8. The van der Waals surface area contributed by atoms with Crippen molar-refractivity contribution in [3.8, 4) is 0 Å². The number of nitrogens with zero attached hydrogens (tertiary/aromatic N) is 3. The molecule has 0 radical (unpaired) electrons. The molecule has 7 rings (SSSR count). The molecule has 2 amide bonds. The molecule has 5 nitrogen and oxygen atoms in total. The van der Waals surface area contributed by atoms with Gasteiger partial charge in [0.05, 0.1) is 11.3 Å². The lowest BCUT2D eigenvalue weighted by Crippen LogP contribution is -2.47. The van der Waals surface area contributed by atoms with E-state index in [0.29, 0.717) is 11.6 Å². The van der Waals surface area contributed by atoms with Crippen LogP contribution < -0.4 is 4.90 Å². The van der Waals surface area contributed by atoms with E-state index in [2.05, 4.69) is 41.3 Å². The van der Waals surface area contributed by atoms with Crippen LogP contribution in [-0.2, 0) is 16.0 Å². The van der Waals surface area contributed by atoms with Crippen LogP contribution in [0, 0.1) is 0 Å². The first-order valence-electron chi connectivity index (χ1n) is 13.9. The fourth-order valence-electron chi connectivity index (χ4n) is 7.09. The van der Waals surface area contributed by atoms with Crippen molar-refractivity contribution in [2.24, 2.45) is 0 Å². The van der Waals surface area contributed by atoms with Gasteiger partial charge in [-0.2, -0.15) is 0 Å². The van der Waals surface area contributed by atoms with Gasteiger partial charge in [-0.05, 0) is 66.5 Å². The number of carbonyl (C=O) groups is 2. The van der Waals surface area contributed by atoms with E-state index in [9.17, 15) is 9.59 Å². The average molecular weight is 492 g/mol. The molecular weight excluding hydrogens is 458 g/mol. The second kappa shape index (κ2) is 9.14. The largest absolute Gasteiger partial charge is 0.339 e. The van der Waals surface area contributed by atoms with E-state index in [0.717, 1.165) is 69.5 Å². The quantitative estimate of drug-likeness (QED) is 0.465. The number of carbonyl (C=O) groups excluding carboxylic acids is 2. The lowest BCUT2D eigenvalue weighted by molar-refractivity contribution is -0.127. The Balaban J connectivity index is 1.10. The molecule has 1 aliphatic carbocycles. The Morgan fingerprint density at radius 2 is 1.59 bits per heavy atom. The van der Waals surface area contributed by atoms with Gasteiger partial charge in [0.15, 0.2) is 0 Å². The number of hydrogen-bond acceptors (Lipinski definition) is 3. The zero-order valence-electron chi connectivity index (χ0n) is 21.2. The summed E-state index contributed by atoms with van der Waals surface area (Å²) in [6, 6.07) is 21.9. The maximum absolute atomic E-state index is 13.8. The van der Waals surface area contributed by atoms with E-state index in [1.165, 1.54) is 28.3 Å². The van der Waals surface area contributed by atoms with E-state index >= 15 is 0 Å². The Labute approximate surface area is 218 Å². The Morgan fingerprint density at radius 1 is 0.838 bits per heavy atom. The molecule has 2 saturated heterocycles. The summed E-state index contributed by atoms with van der Waals surface area (Å²) in [5, 5.41) is 2.78. The van der Waals surface area contributed by atoms with Gasteiger partial charge in [0.25, 0.3) is 5.91 Å². The molecule has 1 unspecified atom stereocenters. The molecule has 0 saturated carbocycles. The molecule has 2 fully saturated rings. The Bertz CT molecular complexity index is 1410. The van der Waals surface area contributed by atoms with Gasteiger partial charge in [-0.15, -0.1) is 0 Å². The molecule has 3 aromatic rings. The number of para-hydroxylation sites is 1. The van der Waals surface area contributed by atoms with Crippen molar-refractivity contribution in [1.82, 2.24) is 9.80 Å². The van der Waals surface area contributed by atoms with E-state index in [-0.39, 0.29) is 17.9 Å². The second-order valence-electron chi connectivity index (χ2n) is 11.0. The smallest absolute Gasteiger partial charge is 0.259 e. The highest BCUT2D eigenvalue weighted by Crippen LogP contribution is 2.43. The van der Waals surface area contributed by atoms with Crippen LogP contribution >= 0.6 is 0 Å². The number of likely N-dealkylation sites (tertiary alicyclic amines) is 2. The highest BCUT2D eigenvalue weighted by Gasteiger charge is 2.40. The van der Waals surface area contributed by atoms with Crippen molar-refractivity contribution in [3.63, 3.8) is 0 Å². The molecule has 4 aliphatic rings. The van der Waals surface area contributed by atoms with E-state index in [1.54, 1.807) is 6.08 Å². The van der Waals surface area contributed by atoms with Crippen molar-refractivity contribution in [3.05, 3.63) is 83.4 Å². The molecule has 0 bridgehead atoms. The summed E-state index contributed by atoms with van der Waals surface area (Å²) in [6.45, 7) is 3.52. The van der Waals surface area contributed by atoms with Gasteiger partial charge in [0.1, 0.15) is 0 Å². The number of fused-ring (bicyclic) bond motifs is 1. The van der Waals surface area contributed by atoms with Crippen LogP contribution in [0.4, 0.5) is 5.69 Å². The first-order chi connectivity index (χ1) is 18.2. The zero-order chi connectivity index (χ0) is 24.9. The molecule has 0 N–H and O–H groups in total. The summed E-state index contributed by atoms with van der Waals surface area (Å²) in [5.41, 5.74) is 5.33. The number of benzene rings is 3. The Morgan fingerprint density at radius 3 is 2.41 bits per heavy atom. The van der Waals surface area contributed by atoms with Crippen molar-refractivity contribution in [2.75, 3.05) is 31.1 Å². The van der Waals surface area contributed by atoms with Gasteiger partial charge in [-0.25, -0.2) is 0 Å². The third-order valence-electron chi connectivity index (χ3n) is 8.94.